The molecule has 0 aliphatic rings. The number of furan rings is 1. The van der Waals surface area contributed by atoms with E-state index in [0.717, 1.165) is 10.0 Å². The molecule has 3 rings (SSSR count). The highest BCUT2D eigenvalue weighted by Crippen LogP contribution is 2.23. The molecule has 0 unspecified atom stereocenters. The SMILES string of the molecule is Cc1ccccc1OCC(=O)NN=Cc1cc(Br)ccc1OC(=O)c1ccco1. The minimum absolute atomic E-state index is 0.0810. The summed E-state index contributed by atoms with van der Waals surface area (Å²) in [5, 5.41) is 3.91. The number of para-hydroxylation sites is 1. The molecule has 7 nitrogen and oxygen atoms in total. The average Bonchev–Trinajstić information content (AvgIpc) is 3.24. The van der Waals surface area contributed by atoms with Crippen LogP contribution in [0.15, 0.2) is 74.9 Å². The number of amides is 1. The Morgan fingerprint density at radius 1 is 1.14 bits per heavy atom. The van der Waals surface area contributed by atoms with Gasteiger partial charge in [-0.25, -0.2) is 10.2 Å². The number of carbonyl (C=O) groups is 2. The van der Waals surface area contributed by atoms with Crippen LogP contribution < -0.4 is 14.9 Å². The summed E-state index contributed by atoms with van der Waals surface area (Å²) in [6.45, 7) is 1.71. The quantitative estimate of drug-likeness (QED) is 0.250. The third-order valence-electron chi connectivity index (χ3n) is 3.74. The Balaban J connectivity index is 1.60. The molecule has 1 heterocycles. The van der Waals surface area contributed by atoms with Gasteiger partial charge in [-0.1, -0.05) is 34.1 Å². The minimum Gasteiger partial charge on any atom is -0.483 e. The molecule has 0 saturated carbocycles. The molecule has 0 bridgehead atoms. The number of hydrazone groups is 1. The molecule has 0 fully saturated rings. The molecule has 0 atom stereocenters. The molecule has 1 aromatic heterocycles. The van der Waals surface area contributed by atoms with Gasteiger partial charge in [-0.2, -0.15) is 5.10 Å². The summed E-state index contributed by atoms with van der Waals surface area (Å²) < 4.78 is 16.6. The topological polar surface area (TPSA) is 90.1 Å². The fraction of sp³-hybridized carbons (Fsp3) is 0.0952. The van der Waals surface area contributed by atoms with Gasteiger partial charge in [0, 0.05) is 10.0 Å². The number of carbonyl (C=O) groups excluding carboxylic acids is 2. The summed E-state index contributed by atoms with van der Waals surface area (Å²) in [7, 11) is 0. The third-order valence-corrected chi connectivity index (χ3v) is 4.24. The molecule has 29 heavy (non-hydrogen) atoms. The maximum absolute atomic E-state index is 12.1. The Kier molecular flexibility index (Phi) is 6.80. The van der Waals surface area contributed by atoms with Crippen molar-refractivity contribution < 1.29 is 23.5 Å². The van der Waals surface area contributed by atoms with Crippen molar-refractivity contribution in [3.05, 3.63) is 82.2 Å². The second kappa shape index (κ2) is 9.70. The lowest BCUT2D eigenvalue weighted by molar-refractivity contribution is -0.123. The van der Waals surface area contributed by atoms with E-state index in [-0.39, 0.29) is 18.1 Å². The number of esters is 1. The Hall–Kier alpha value is -3.39. The molecule has 0 aliphatic carbocycles. The predicted molar refractivity (Wildman–Crippen MR) is 110 cm³/mol. The fourth-order valence-electron chi connectivity index (χ4n) is 2.33. The molecule has 0 aliphatic heterocycles. The molecule has 0 radical (unpaired) electrons. The highest BCUT2D eigenvalue weighted by atomic mass is 79.9. The number of hydrogen-bond donors (Lipinski definition) is 1. The first-order chi connectivity index (χ1) is 14.0. The fourth-order valence-corrected chi connectivity index (χ4v) is 2.70. The van der Waals surface area contributed by atoms with Crippen LogP contribution >= 0.6 is 15.9 Å². The van der Waals surface area contributed by atoms with Gasteiger partial charge in [0.2, 0.25) is 5.76 Å². The molecule has 2 aromatic carbocycles. The summed E-state index contributed by atoms with van der Waals surface area (Å²) in [5.74, 6) is -0.0803. The first kappa shape index (κ1) is 20.3. The van der Waals surface area contributed by atoms with Crippen LogP contribution in [0.25, 0.3) is 0 Å². The van der Waals surface area contributed by atoms with Crippen LogP contribution in [0.5, 0.6) is 11.5 Å². The molecule has 1 N–H and O–H groups in total. The van der Waals surface area contributed by atoms with E-state index in [1.165, 1.54) is 18.5 Å². The second-order valence-electron chi connectivity index (χ2n) is 5.90. The number of rotatable bonds is 7. The molecule has 3 aromatic rings. The van der Waals surface area contributed by atoms with E-state index in [1.807, 2.05) is 25.1 Å². The number of benzene rings is 2. The number of nitrogens with one attached hydrogen (secondary N) is 1. The van der Waals surface area contributed by atoms with E-state index in [1.54, 1.807) is 30.3 Å². The number of halogens is 1. The maximum atomic E-state index is 12.1. The van der Waals surface area contributed by atoms with E-state index in [0.29, 0.717) is 11.3 Å². The van der Waals surface area contributed by atoms with Crippen LogP contribution in [0.3, 0.4) is 0 Å². The second-order valence-corrected chi connectivity index (χ2v) is 6.81. The minimum atomic E-state index is -0.636. The summed E-state index contributed by atoms with van der Waals surface area (Å²) in [6.07, 6.45) is 2.76. The van der Waals surface area contributed by atoms with Crippen LogP contribution in [-0.2, 0) is 4.79 Å². The van der Waals surface area contributed by atoms with E-state index in [2.05, 4.69) is 26.5 Å². The number of ether oxygens (including phenoxy) is 2. The van der Waals surface area contributed by atoms with Crippen molar-refractivity contribution in [1.82, 2.24) is 5.43 Å². The number of aryl methyl sites for hydroxylation is 1. The highest BCUT2D eigenvalue weighted by Gasteiger charge is 2.14. The Labute approximate surface area is 175 Å². The Bertz CT molecular complexity index is 1030. The van der Waals surface area contributed by atoms with Gasteiger partial charge in [0.1, 0.15) is 11.5 Å². The van der Waals surface area contributed by atoms with Gasteiger partial charge in [-0.15, -0.1) is 0 Å². The van der Waals surface area contributed by atoms with Crippen molar-refractivity contribution in [2.45, 2.75) is 6.92 Å². The smallest absolute Gasteiger partial charge is 0.379 e. The largest absolute Gasteiger partial charge is 0.483 e. The average molecular weight is 457 g/mol. The standard InChI is InChI=1S/C21H17BrN2O5/c1-14-5-2-3-6-17(14)28-13-20(25)24-23-12-15-11-16(22)8-9-18(15)29-21(26)19-7-4-10-27-19/h2-12H,13H2,1H3,(H,24,25). The van der Waals surface area contributed by atoms with Gasteiger partial charge >= 0.3 is 5.97 Å². The summed E-state index contributed by atoms with van der Waals surface area (Å²) in [4.78, 5) is 24.0. The molecule has 8 heteroatoms. The normalized spacial score (nSPS) is 10.7. The predicted octanol–water partition coefficient (Wildman–Crippen LogP) is 4.10. The van der Waals surface area contributed by atoms with Crippen LogP contribution in [0.1, 0.15) is 21.7 Å². The van der Waals surface area contributed by atoms with Gasteiger partial charge < -0.3 is 13.9 Å². The van der Waals surface area contributed by atoms with Gasteiger partial charge in [0.15, 0.2) is 6.61 Å². The van der Waals surface area contributed by atoms with Gasteiger partial charge in [0.25, 0.3) is 5.91 Å². The van der Waals surface area contributed by atoms with E-state index in [9.17, 15) is 9.59 Å². The molecule has 148 valence electrons. The van der Waals surface area contributed by atoms with E-state index in [4.69, 9.17) is 13.9 Å². The Morgan fingerprint density at radius 2 is 1.97 bits per heavy atom. The third kappa shape index (κ3) is 5.79. The summed E-state index contributed by atoms with van der Waals surface area (Å²) in [6, 6.07) is 15.5. The van der Waals surface area contributed by atoms with Crippen molar-refractivity contribution in [3.8, 4) is 11.5 Å². The van der Waals surface area contributed by atoms with Gasteiger partial charge in [-0.3, -0.25) is 4.79 Å². The van der Waals surface area contributed by atoms with Crippen molar-refractivity contribution in [2.24, 2.45) is 5.10 Å². The maximum Gasteiger partial charge on any atom is 0.379 e. The van der Waals surface area contributed by atoms with Crippen molar-refractivity contribution in [2.75, 3.05) is 6.61 Å². The monoisotopic (exact) mass is 456 g/mol. The highest BCUT2D eigenvalue weighted by molar-refractivity contribution is 9.10. The molecular weight excluding hydrogens is 440 g/mol. The van der Waals surface area contributed by atoms with Crippen LogP contribution in [0.2, 0.25) is 0 Å². The first-order valence-corrected chi connectivity index (χ1v) is 9.38. The zero-order chi connectivity index (χ0) is 20.6. The lowest BCUT2D eigenvalue weighted by Gasteiger charge is -2.08. The number of nitrogens with zero attached hydrogens (tertiary/aromatic N) is 1. The van der Waals surface area contributed by atoms with Crippen molar-refractivity contribution in [3.63, 3.8) is 0 Å². The first-order valence-electron chi connectivity index (χ1n) is 8.58. The van der Waals surface area contributed by atoms with Crippen LogP contribution in [0, 0.1) is 6.92 Å². The summed E-state index contributed by atoms with van der Waals surface area (Å²) >= 11 is 3.35. The van der Waals surface area contributed by atoms with Crippen LogP contribution in [0.4, 0.5) is 0 Å². The lowest BCUT2D eigenvalue weighted by Crippen LogP contribution is -2.24. The summed E-state index contributed by atoms with van der Waals surface area (Å²) in [5.41, 5.74) is 3.80. The van der Waals surface area contributed by atoms with Crippen molar-refractivity contribution in [1.29, 1.82) is 0 Å². The Morgan fingerprint density at radius 3 is 2.72 bits per heavy atom. The zero-order valence-electron chi connectivity index (χ0n) is 15.4. The molecular formula is C21H17BrN2O5. The lowest BCUT2D eigenvalue weighted by atomic mass is 10.2. The van der Waals surface area contributed by atoms with Crippen molar-refractivity contribution >= 4 is 34.0 Å². The van der Waals surface area contributed by atoms with Gasteiger partial charge in [0.05, 0.1) is 12.5 Å². The molecule has 0 saturated heterocycles. The van der Waals surface area contributed by atoms with E-state index >= 15 is 0 Å². The number of hydrogen-bond acceptors (Lipinski definition) is 6. The molecule has 0 spiro atoms. The van der Waals surface area contributed by atoms with E-state index < -0.39 is 11.9 Å². The van der Waals surface area contributed by atoms with Crippen LogP contribution in [-0.4, -0.2) is 24.7 Å². The van der Waals surface area contributed by atoms with Gasteiger partial charge in [-0.05, 0) is 48.9 Å². The molecule has 1 amide bonds. The zero-order valence-corrected chi connectivity index (χ0v) is 17.0.